The summed E-state index contributed by atoms with van der Waals surface area (Å²) in [5.41, 5.74) is 0. The van der Waals surface area contributed by atoms with Crippen LogP contribution in [0.4, 0.5) is 0 Å². The molecule has 32 heavy (non-hydrogen) atoms. The Bertz CT molecular complexity index is 520. The number of unbranched alkanes of at least 4 members (excludes halogenated alkanes) is 6. The van der Waals surface area contributed by atoms with Gasteiger partial charge in [-0.15, -0.1) is 0 Å². The van der Waals surface area contributed by atoms with Crippen molar-refractivity contribution in [1.82, 2.24) is 9.97 Å². The van der Waals surface area contributed by atoms with Gasteiger partial charge in [-0.1, -0.05) is 0 Å². The van der Waals surface area contributed by atoms with Gasteiger partial charge in [0.25, 0.3) is 0 Å². The summed E-state index contributed by atoms with van der Waals surface area (Å²) >= 11 is -4.42. The van der Waals surface area contributed by atoms with Gasteiger partial charge in [0.15, 0.2) is 0 Å². The van der Waals surface area contributed by atoms with Crippen LogP contribution in [0, 0.1) is 0 Å². The molecule has 0 bridgehead atoms. The van der Waals surface area contributed by atoms with Crippen molar-refractivity contribution < 1.29 is 0 Å². The Morgan fingerprint density at radius 3 is 1.38 bits per heavy atom. The predicted octanol–water partition coefficient (Wildman–Crippen LogP) is 9.36. The first kappa shape index (κ1) is 30.7. The van der Waals surface area contributed by atoms with E-state index in [9.17, 15) is 0 Å². The Hall–Kier alpha value is 0.677. The van der Waals surface area contributed by atoms with Crippen LogP contribution in [0.25, 0.3) is 0 Å². The van der Waals surface area contributed by atoms with Gasteiger partial charge in [-0.3, -0.25) is 0 Å². The number of rotatable bonds is 21. The molecule has 2 nitrogen and oxygen atoms in total. The van der Waals surface area contributed by atoms with Gasteiger partial charge in [0.1, 0.15) is 0 Å². The van der Waals surface area contributed by atoms with E-state index in [0.29, 0.717) is 0 Å². The number of nitrogens with zero attached hydrogens (tertiary/aromatic N) is 2. The quantitative estimate of drug-likeness (QED) is 0.0973. The summed E-state index contributed by atoms with van der Waals surface area (Å²) in [5, 5.41) is 0. The van der Waals surface area contributed by atoms with Gasteiger partial charge in [0, 0.05) is 0 Å². The molecule has 0 radical (unpaired) electrons. The first-order valence-electron chi connectivity index (χ1n) is 14.4. The predicted molar refractivity (Wildman–Crippen MR) is 151 cm³/mol. The van der Waals surface area contributed by atoms with Gasteiger partial charge < -0.3 is 0 Å². The molecular weight excluding hydrogens is 602 g/mol. The van der Waals surface area contributed by atoms with E-state index in [1.165, 1.54) is 94.1 Å². The van der Waals surface area contributed by atoms with Crippen LogP contribution in [0.3, 0.4) is 0 Å². The van der Waals surface area contributed by atoms with Gasteiger partial charge in [0.2, 0.25) is 0 Å². The summed E-state index contributed by atoms with van der Waals surface area (Å²) in [4.78, 5) is 9.49. The van der Waals surface area contributed by atoms with Crippen molar-refractivity contribution in [2.24, 2.45) is 0 Å². The molecule has 0 fully saturated rings. The SMILES string of the molecule is CCC[CH2][Sn]([CH2]CCC)([CH2]CCC)[CH2]CC[CH2][Sn]([CH2]CCC)([CH2]CCC)[c]1cnccn1. The van der Waals surface area contributed by atoms with E-state index < -0.39 is 36.8 Å². The van der Waals surface area contributed by atoms with Gasteiger partial charge in [-0.2, -0.15) is 0 Å². The Labute approximate surface area is 210 Å². The molecule has 0 aliphatic carbocycles. The van der Waals surface area contributed by atoms with E-state index in [4.69, 9.17) is 4.98 Å². The fourth-order valence-corrected chi connectivity index (χ4v) is 37.2. The van der Waals surface area contributed by atoms with E-state index in [2.05, 4.69) is 45.8 Å². The molecule has 186 valence electrons. The van der Waals surface area contributed by atoms with Crippen LogP contribution in [0.5, 0.6) is 0 Å². The topological polar surface area (TPSA) is 25.8 Å². The van der Waals surface area contributed by atoms with Crippen LogP contribution >= 0.6 is 0 Å². The summed E-state index contributed by atoms with van der Waals surface area (Å²) in [6, 6.07) is 0. The molecular formula is C28H56N2Sn2. The number of aromatic nitrogens is 2. The minimum absolute atomic E-state index is 1.33. The Balaban J connectivity index is 2.91. The second-order valence-corrected chi connectivity index (χ2v) is 37.9. The third-order valence-corrected chi connectivity index (χ3v) is 39.1. The van der Waals surface area contributed by atoms with E-state index >= 15 is 0 Å². The molecule has 0 amide bonds. The summed E-state index contributed by atoms with van der Waals surface area (Å²) < 4.78 is 12.7. The van der Waals surface area contributed by atoms with Crippen LogP contribution in [0.1, 0.15) is 112 Å². The van der Waals surface area contributed by atoms with Crippen LogP contribution < -0.4 is 3.71 Å². The van der Waals surface area contributed by atoms with E-state index in [0.717, 1.165) is 0 Å². The first-order chi connectivity index (χ1) is 15.6. The summed E-state index contributed by atoms with van der Waals surface area (Å²) in [6.07, 6.45) is 23.3. The third-order valence-electron chi connectivity index (χ3n) is 7.92. The molecule has 0 saturated carbocycles. The zero-order chi connectivity index (χ0) is 23.5. The van der Waals surface area contributed by atoms with E-state index in [-0.39, 0.29) is 0 Å². The zero-order valence-corrected chi connectivity index (χ0v) is 28.3. The monoisotopic (exact) mass is 660 g/mol. The van der Waals surface area contributed by atoms with Crippen molar-refractivity contribution in [2.75, 3.05) is 0 Å². The zero-order valence-electron chi connectivity index (χ0n) is 22.6. The van der Waals surface area contributed by atoms with Gasteiger partial charge in [-0.05, 0) is 0 Å². The maximum atomic E-state index is 4.95. The average Bonchev–Trinajstić information content (AvgIpc) is 2.84. The molecule has 1 heterocycles. The van der Waals surface area contributed by atoms with Gasteiger partial charge in [-0.25, -0.2) is 0 Å². The van der Waals surface area contributed by atoms with Crippen molar-refractivity contribution in [3.05, 3.63) is 18.6 Å². The molecule has 0 aromatic carbocycles. The second kappa shape index (κ2) is 18.9. The summed E-state index contributed by atoms with van der Waals surface area (Å²) in [5.74, 6) is 0. The molecule has 0 aliphatic heterocycles. The van der Waals surface area contributed by atoms with Crippen LogP contribution in [0.15, 0.2) is 18.6 Å². The standard InChI is InChI=1S/C4H3N2.5C4H9.C4H8.2Sn/c1-2-6-4-3-5-1;6*1-3-4-2;;/h1-3H;5*1,3-4H2,2H3;1-4H2;;. The Kier molecular flexibility index (Phi) is 18.2. The van der Waals surface area contributed by atoms with E-state index in [1.54, 1.807) is 17.7 Å². The van der Waals surface area contributed by atoms with Crippen molar-refractivity contribution in [1.29, 1.82) is 0 Å². The fraction of sp³-hybridized carbons (Fsp3) is 0.857. The number of hydrogen-bond donors (Lipinski definition) is 0. The van der Waals surface area contributed by atoms with Crippen LogP contribution in [-0.4, -0.2) is 46.7 Å². The maximum absolute atomic E-state index is 4.95. The number of hydrogen-bond acceptors (Lipinski definition) is 2. The van der Waals surface area contributed by atoms with Crippen molar-refractivity contribution in [2.45, 2.75) is 143 Å². The molecule has 0 aliphatic rings. The van der Waals surface area contributed by atoms with Gasteiger partial charge in [0.05, 0.1) is 0 Å². The van der Waals surface area contributed by atoms with Crippen LogP contribution in [0.2, 0.25) is 31.1 Å². The van der Waals surface area contributed by atoms with Crippen molar-refractivity contribution >= 4 is 40.5 Å². The third kappa shape index (κ3) is 11.4. The minimum atomic E-state index is -2.46. The Morgan fingerprint density at radius 1 is 0.531 bits per heavy atom. The molecule has 1 aromatic heterocycles. The Morgan fingerprint density at radius 2 is 0.938 bits per heavy atom. The van der Waals surface area contributed by atoms with Crippen LogP contribution in [-0.2, 0) is 0 Å². The molecule has 0 spiro atoms. The summed E-state index contributed by atoms with van der Waals surface area (Å²) in [7, 11) is 0. The molecule has 0 saturated heterocycles. The first-order valence-corrected chi connectivity index (χ1v) is 29.9. The van der Waals surface area contributed by atoms with Crippen molar-refractivity contribution in [3.63, 3.8) is 0 Å². The molecule has 1 rings (SSSR count). The normalized spacial score (nSPS) is 12.4. The molecule has 0 atom stereocenters. The molecule has 4 heteroatoms. The molecule has 0 unspecified atom stereocenters. The second-order valence-electron chi connectivity index (χ2n) is 10.6. The molecule has 1 aromatic rings. The fourth-order valence-electron chi connectivity index (χ4n) is 5.73. The van der Waals surface area contributed by atoms with Crippen molar-refractivity contribution in [3.8, 4) is 0 Å². The summed E-state index contributed by atoms with van der Waals surface area (Å²) in [6.45, 7) is 11.9. The molecule has 0 N–H and O–H groups in total. The van der Waals surface area contributed by atoms with Gasteiger partial charge >= 0.3 is 212 Å². The average molecular weight is 658 g/mol. The van der Waals surface area contributed by atoms with E-state index in [1.807, 2.05) is 12.4 Å².